The molecule has 86 heavy (non-hydrogen) atoms. The first-order valence-corrected chi connectivity index (χ1v) is 38.8. The van der Waals surface area contributed by atoms with Gasteiger partial charge in [-0.05, 0) is 83.5 Å². The van der Waals surface area contributed by atoms with Crippen molar-refractivity contribution in [1.29, 1.82) is 0 Å². The van der Waals surface area contributed by atoms with Gasteiger partial charge in [-0.2, -0.15) is 0 Å². The largest absolute Gasteiger partial charge is 0.756 e. The lowest BCUT2D eigenvalue weighted by molar-refractivity contribution is -0.870. The van der Waals surface area contributed by atoms with Gasteiger partial charge in [0, 0.05) is 6.42 Å². The molecule has 0 aromatic heterocycles. The summed E-state index contributed by atoms with van der Waals surface area (Å²) < 4.78 is 23.5. The molecule has 0 aromatic rings. The van der Waals surface area contributed by atoms with Crippen molar-refractivity contribution >= 4 is 13.7 Å². The standard InChI is InChI=1S/C77H145N2O6P/c1-6-8-10-12-14-16-18-20-22-24-26-28-30-32-34-36-37-38-39-40-41-43-45-47-49-51-53-55-57-59-61-63-65-67-69-71-77(81)78-75(74-85-86(82,83)84-73-72-79(3,4)5)76(80)70-68-66-64-62-60-58-56-54-52-50-48-46-44-42-35-33-31-29-27-25-23-21-19-17-15-13-11-9-7-2/h18,20,24,26,30,32,52,54,60,62,68,70,75-76,80H,6-17,19,21-23,25,27-29,31,33-51,53,55-59,61,63-67,69,71-74H2,1-5H3,(H-,78,81,82,83)/b20-18-,26-24-,32-30-,54-52+,62-60+,70-68+. The molecule has 0 rings (SSSR count). The van der Waals surface area contributed by atoms with E-state index in [-0.39, 0.29) is 12.5 Å². The number of nitrogens with one attached hydrogen (secondary N) is 1. The quantitative estimate of drug-likeness (QED) is 0.0272. The van der Waals surface area contributed by atoms with E-state index < -0.39 is 26.6 Å². The fraction of sp³-hybridized carbons (Fsp3) is 0.831. The number of aliphatic hydroxyl groups is 1. The second-order valence-corrected chi connectivity index (χ2v) is 28.0. The number of carbonyl (C=O) groups excluding carboxylic acids is 1. The molecular weight excluding hydrogens is 1080 g/mol. The summed E-state index contributed by atoms with van der Waals surface area (Å²) in [5.74, 6) is -0.207. The third-order valence-electron chi connectivity index (χ3n) is 16.9. The molecule has 0 spiro atoms. The van der Waals surface area contributed by atoms with Crippen LogP contribution in [0, 0.1) is 0 Å². The predicted molar refractivity (Wildman–Crippen MR) is 376 cm³/mol. The third-order valence-corrected chi connectivity index (χ3v) is 17.8. The number of likely N-dealkylation sites (N-methyl/N-ethyl adjacent to an activating group) is 1. The summed E-state index contributed by atoms with van der Waals surface area (Å²) in [5.41, 5.74) is 0. The van der Waals surface area contributed by atoms with Crippen molar-refractivity contribution in [3.63, 3.8) is 0 Å². The highest BCUT2D eigenvalue weighted by Gasteiger charge is 2.23. The van der Waals surface area contributed by atoms with E-state index in [0.29, 0.717) is 17.4 Å². The zero-order valence-electron chi connectivity index (χ0n) is 57.8. The van der Waals surface area contributed by atoms with Crippen LogP contribution in [-0.2, 0) is 18.4 Å². The number of quaternary nitrogens is 1. The van der Waals surface area contributed by atoms with Crippen LogP contribution in [0.15, 0.2) is 72.9 Å². The van der Waals surface area contributed by atoms with Crippen LogP contribution in [0.5, 0.6) is 0 Å². The van der Waals surface area contributed by atoms with Crippen LogP contribution in [0.1, 0.15) is 361 Å². The highest BCUT2D eigenvalue weighted by atomic mass is 31.2. The highest BCUT2D eigenvalue weighted by molar-refractivity contribution is 7.45. The summed E-state index contributed by atoms with van der Waals surface area (Å²) in [6.45, 7) is 4.65. The SMILES string of the molecule is CCCCCCC/C=C\C/C=C\C/C=C\CCCCCCCCCCCCCCCCCCCCCCC(=O)NC(COP(=O)([O-])OCC[N+](C)(C)C)C(O)/C=C/CC/C=C/CC/C=C/CCCCCCCCCCCCCCCCCCCCC. The van der Waals surface area contributed by atoms with Crippen molar-refractivity contribution < 1.29 is 32.9 Å². The van der Waals surface area contributed by atoms with E-state index in [1.54, 1.807) is 6.08 Å². The van der Waals surface area contributed by atoms with Gasteiger partial charge in [-0.3, -0.25) is 9.36 Å². The lowest BCUT2D eigenvalue weighted by atomic mass is 10.0. The molecule has 3 unspecified atom stereocenters. The molecule has 9 heteroatoms. The molecule has 0 heterocycles. The van der Waals surface area contributed by atoms with Gasteiger partial charge in [-0.15, -0.1) is 0 Å². The number of rotatable bonds is 69. The zero-order valence-corrected chi connectivity index (χ0v) is 58.7. The number of phosphoric acid groups is 1. The number of nitrogens with zero attached hydrogens (tertiary/aromatic N) is 1. The fourth-order valence-electron chi connectivity index (χ4n) is 11.1. The molecule has 0 fully saturated rings. The number of unbranched alkanes of at least 4 members (excludes halogenated alkanes) is 46. The average Bonchev–Trinajstić information content (AvgIpc) is 3.70. The van der Waals surface area contributed by atoms with E-state index in [0.717, 1.165) is 57.8 Å². The first-order valence-electron chi connectivity index (χ1n) is 37.3. The van der Waals surface area contributed by atoms with Gasteiger partial charge in [0.25, 0.3) is 7.82 Å². The van der Waals surface area contributed by atoms with Crippen LogP contribution in [0.3, 0.4) is 0 Å². The predicted octanol–water partition coefficient (Wildman–Crippen LogP) is 23.5. The van der Waals surface area contributed by atoms with Crippen LogP contribution < -0.4 is 10.2 Å². The summed E-state index contributed by atoms with van der Waals surface area (Å²) >= 11 is 0. The summed E-state index contributed by atoms with van der Waals surface area (Å²) in [6, 6.07) is -0.914. The maximum atomic E-state index is 13.0. The Hall–Kier alpha value is -2.06. The van der Waals surface area contributed by atoms with Gasteiger partial charge in [0.1, 0.15) is 13.2 Å². The molecule has 0 saturated carbocycles. The maximum absolute atomic E-state index is 13.0. The van der Waals surface area contributed by atoms with Gasteiger partial charge in [0.05, 0.1) is 39.9 Å². The Kier molecular flexibility index (Phi) is 65.7. The molecule has 8 nitrogen and oxygen atoms in total. The molecule has 0 saturated heterocycles. The molecule has 0 aliphatic carbocycles. The Labute approximate surface area is 535 Å². The number of hydrogen-bond donors (Lipinski definition) is 2. The third kappa shape index (κ3) is 69.4. The number of phosphoric ester groups is 1. The highest BCUT2D eigenvalue weighted by Crippen LogP contribution is 2.38. The number of carbonyl (C=O) groups is 1. The van der Waals surface area contributed by atoms with Gasteiger partial charge < -0.3 is 28.8 Å². The van der Waals surface area contributed by atoms with Crippen molar-refractivity contribution in [3.8, 4) is 0 Å². The van der Waals surface area contributed by atoms with E-state index in [4.69, 9.17) is 9.05 Å². The summed E-state index contributed by atoms with van der Waals surface area (Å²) in [7, 11) is 1.24. The van der Waals surface area contributed by atoms with E-state index in [2.05, 4.69) is 79.9 Å². The second-order valence-electron chi connectivity index (χ2n) is 26.6. The van der Waals surface area contributed by atoms with Crippen LogP contribution in [0.4, 0.5) is 0 Å². The van der Waals surface area contributed by atoms with Gasteiger partial charge in [0.2, 0.25) is 5.91 Å². The summed E-state index contributed by atoms with van der Waals surface area (Å²) in [6.07, 6.45) is 94.8. The summed E-state index contributed by atoms with van der Waals surface area (Å²) in [4.78, 5) is 25.7. The Morgan fingerprint density at radius 1 is 0.407 bits per heavy atom. The van der Waals surface area contributed by atoms with Crippen LogP contribution in [-0.4, -0.2) is 68.5 Å². The molecule has 0 aliphatic rings. The van der Waals surface area contributed by atoms with Crippen molar-refractivity contribution in [2.24, 2.45) is 0 Å². The molecule has 1 amide bonds. The van der Waals surface area contributed by atoms with Gasteiger partial charge in [0.15, 0.2) is 0 Å². The van der Waals surface area contributed by atoms with E-state index in [1.165, 1.54) is 283 Å². The molecule has 0 radical (unpaired) electrons. The van der Waals surface area contributed by atoms with Gasteiger partial charge in [-0.1, -0.05) is 344 Å². The first-order chi connectivity index (χ1) is 42.0. The first kappa shape index (κ1) is 83.9. The van der Waals surface area contributed by atoms with Crippen molar-refractivity contribution in [3.05, 3.63) is 72.9 Å². The lowest BCUT2D eigenvalue weighted by Crippen LogP contribution is -2.45. The molecule has 504 valence electrons. The average molecular weight is 1230 g/mol. The summed E-state index contributed by atoms with van der Waals surface area (Å²) in [5, 5.41) is 14.0. The molecule has 2 N–H and O–H groups in total. The van der Waals surface area contributed by atoms with Crippen LogP contribution >= 0.6 is 7.82 Å². The van der Waals surface area contributed by atoms with E-state index in [9.17, 15) is 19.4 Å². The Bertz CT molecular complexity index is 1630. The van der Waals surface area contributed by atoms with Gasteiger partial charge >= 0.3 is 0 Å². The van der Waals surface area contributed by atoms with Gasteiger partial charge in [-0.25, -0.2) is 0 Å². The Morgan fingerprint density at radius 3 is 1.02 bits per heavy atom. The second kappa shape index (κ2) is 67.3. The number of amides is 1. The molecule has 0 aromatic carbocycles. The van der Waals surface area contributed by atoms with Crippen LogP contribution in [0.25, 0.3) is 0 Å². The minimum Gasteiger partial charge on any atom is -0.756 e. The minimum absolute atomic E-state index is 0.00954. The van der Waals surface area contributed by atoms with Crippen molar-refractivity contribution in [2.45, 2.75) is 373 Å². The number of allylic oxidation sites excluding steroid dienone is 11. The van der Waals surface area contributed by atoms with E-state index in [1.807, 2.05) is 27.2 Å². The van der Waals surface area contributed by atoms with Crippen LogP contribution in [0.2, 0.25) is 0 Å². The van der Waals surface area contributed by atoms with Crippen molar-refractivity contribution in [2.75, 3.05) is 40.9 Å². The fourth-order valence-corrected chi connectivity index (χ4v) is 11.8. The molecule has 0 bridgehead atoms. The Morgan fingerprint density at radius 2 is 0.686 bits per heavy atom. The minimum atomic E-state index is -4.62. The Balaban J connectivity index is 4.07. The lowest BCUT2D eigenvalue weighted by Gasteiger charge is -2.29. The number of aliphatic hydroxyl groups excluding tert-OH is 1. The molecular formula is C77H145N2O6P. The molecule has 3 atom stereocenters. The smallest absolute Gasteiger partial charge is 0.268 e. The van der Waals surface area contributed by atoms with Crippen molar-refractivity contribution in [1.82, 2.24) is 5.32 Å². The topological polar surface area (TPSA) is 108 Å². The van der Waals surface area contributed by atoms with E-state index >= 15 is 0 Å². The number of hydrogen-bond acceptors (Lipinski definition) is 6. The monoisotopic (exact) mass is 1230 g/mol. The zero-order chi connectivity index (χ0) is 62.6. The normalized spacial score (nSPS) is 14.0. The molecule has 0 aliphatic heterocycles. The maximum Gasteiger partial charge on any atom is 0.268 e.